The summed E-state index contributed by atoms with van der Waals surface area (Å²) in [5, 5.41) is 11.0. The van der Waals surface area contributed by atoms with E-state index in [0.717, 1.165) is 58.3 Å². The Balaban J connectivity index is 1.38. The third kappa shape index (κ3) is 3.93. The minimum atomic E-state index is -0.225. The van der Waals surface area contributed by atoms with E-state index < -0.39 is 0 Å². The van der Waals surface area contributed by atoms with Crippen LogP contribution in [0.4, 0.5) is 0 Å². The van der Waals surface area contributed by atoms with Crippen molar-refractivity contribution in [3.8, 4) is 0 Å². The van der Waals surface area contributed by atoms with E-state index in [1.165, 1.54) is 16.8 Å². The minimum Gasteiger partial charge on any atom is -0.342 e. The van der Waals surface area contributed by atoms with Crippen LogP contribution in [0, 0.1) is 5.41 Å². The first-order valence-electron chi connectivity index (χ1n) is 10.2. The van der Waals surface area contributed by atoms with Crippen LogP contribution in [0.5, 0.6) is 0 Å². The molecule has 1 aromatic carbocycles. The standard InChI is InChI=1S/C22H30N4O/c1-22(10-5-11-23-16-22)21(27)26-12-8-18(9-13-26)20-19(15-24-25-20)14-17-6-3-2-4-7-17/h2-4,6-7,15,18,23H,5,8-14,16H2,1H3,(H,24,25)/t22-/m1/s1. The van der Waals surface area contributed by atoms with Gasteiger partial charge in [0.25, 0.3) is 0 Å². The summed E-state index contributed by atoms with van der Waals surface area (Å²) in [5.41, 5.74) is 3.63. The van der Waals surface area contributed by atoms with Crippen LogP contribution in [0.25, 0.3) is 0 Å². The summed E-state index contributed by atoms with van der Waals surface area (Å²) in [7, 11) is 0. The molecule has 27 heavy (non-hydrogen) atoms. The highest BCUT2D eigenvalue weighted by Gasteiger charge is 2.39. The molecule has 2 saturated heterocycles. The number of piperidine rings is 2. The van der Waals surface area contributed by atoms with Crippen molar-refractivity contribution in [1.29, 1.82) is 0 Å². The molecule has 2 N–H and O–H groups in total. The number of aromatic amines is 1. The molecule has 2 aromatic rings. The number of carbonyl (C=O) groups excluding carboxylic acids is 1. The van der Waals surface area contributed by atoms with Crippen LogP contribution in [0.3, 0.4) is 0 Å². The Morgan fingerprint density at radius 2 is 2.04 bits per heavy atom. The molecule has 2 aliphatic rings. The largest absolute Gasteiger partial charge is 0.342 e. The molecule has 0 aliphatic carbocycles. The molecule has 0 saturated carbocycles. The van der Waals surface area contributed by atoms with Gasteiger partial charge in [-0.1, -0.05) is 30.3 Å². The molecule has 5 nitrogen and oxygen atoms in total. The van der Waals surface area contributed by atoms with E-state index >= 15 is 0 Å². The van der Waals surface area contributed by atoms with Crippen LogP contribution in [0.2, 0.25) is 0 Å². The lowest BCUT2D eigenvalue weighted by molar-refractivity contribution is -0.143. The molecule has 0 unspecified atom stereocenters. The third-order valence-corrected chi connectivity index (χ3v) is 6.29. The topological polar surface area (TPSA) is 61.0 Å². The van der Waals surface area contributed by atoms with Gasteiger partial charge in [0.05, 0.1) is 11.6 Å². The normalized spacial score (nSPS) is 24.1. The molecule has 1 amide bonds. The van der Waals surface area contributed by atoms with Crippen LogP contribution in [0.15, 0.2) is 36.5 Å². The van der Waals surface area contributed by atoms with Gasteiger partial charge in [0.15, 0.2) is 0 Å². The van der Waals surface area contributed by atoms with Crippen LogP contribution >= 0.6 is 0 Å². The number of hydrogen-bond acceptors (Lipinski definition) is 3. The molecular formula is C22H30N4O. The Morgan fingerprint density at radius 3 is 2.74 bits per heavy atom. The lowest BCUT2D eigenvalue weighted by Crippen LogP contribution is -2.52. The van der Waals surface area contributed by atoms with E-state index in [0.29, 0.717) is 11.8 Å². The van der Waals surface area contributed by atoms with Gasteiger partial charge in [0, 0.05) is 37.7 Å². The minimum absolute atomic E-state index is 0.225. The Kier molecular flexibility index (Phi) is 5.30. The first-order valence-corrected chi connectivity index (χ1v) is 10.2. The molecule has 2 fully saturated rings. The fourth-order valence-electron chi connectivity index (χ4n) is 4.62. The third-order valence-electron chi connectivity index (χ3n) is 6.29. The number of likely N-dealkylation sites (tertiary alicyclic amines) is 1. The van der Waals surface area contributed by atoms with E-state index in [9.17, 15) is 4.79 Å². The zero-order valence-corrected chi connectivity index (χ0v) is 16.2. The molecule has 3 heterocycles. The molecule has 0 bridgehead atoms. The molecule has 1 atom stereocenters. The fraction of sp³-hybridized carbons (Fsp3) is 0.545. The summed E-state index contributed by atoms with van der Waals surface area (Å²) < 4.78 is 0. The number of amides is 1. The maximum atomic E-state index is 13.0. The monoisotopic (exact) mass is 366 g/mol. The number of hydrogen-bond donors (Lipinski definition) is 2. The second kappa shape index (κ2) is 7.85. The summed E-state index contributed by atoms with van der Waals surface area (Å²) in [4.78, 5) is 15.1. The van der Waals surface area contributed by atoms with Crippen molar-refractivity contribution in [2.24, 2.45) is 5.41 Å². The lowest BCUT2D eigenvalue weighted by atomic mass is 9.80. The van der Waals surface area contributed by atoms with Crippen LogP contribution in [0.1, 0.15) is 55.3 Å². The predicted octanol–water partition coefficient (Wildman–Crippen LogP) is 3.10. The molecule has 1 aromatic heterocycles. The van der Waals surface area contributed by atoms with Gasteiger partial charge in [0.2, 0.25) is 5.91 Å². The average molecular weight is 367 g/mol. The quantitative estimate of drug-likeness (QED) is 0.874. The zero-order valence-electron chi connectivity index (χ0n) is 16.2. The first kappa shape index (κ1) is 18.2. The van der Waals surface area contributed by atoms with Crippen LogP contribution in [-0.4, -0.2) is 47.2 Å². The molecule has 144 valence electrons. The molecule has 0 spiro atoms. The summed E-state index contributed by atoms with van der Waals surface area (Å²) >= 11 is 0. The molecule has 0 radical (unpaired) electrons. The lowest BCUT2D eigenvalue weighted by Gasteiger charge is -2.40. The van der Waals surface area contributed by atoms with Crippen molar-refractivity contribution < 1.29 is 4.79 Å². The highest BCUT2D eigenvalue weighted by Crippen LogP contribution is 2.33. The number of aromatic nitrogens is 2. The highest BCUT2D eigenvalue weighted by atomic mass is 16.2. The number of nitrogens with one attached hydrogen (secondary N) is 2. The second-order valence-electron chi connectivity index (χ2n) is 8.38. The maximum absolute atomic E-state index is 13.0. The van der Waals surface area contributed by atoms with Crippen molar-refractivity contribution in [2.75, 3.05) is 26.2 Å². The van der Waals surface area contributed by atoms with Gasteiger partial charge in [0.1, 0.15) is 0 Å². The van der Waals surface area contributed by atoms with E-state index in [1.807, 2.05) is 6.20 Å². The van der Waals surface area contributed by atoms with Crippen molar-refractivity contribution in [1.82, 2.24) is 20.4 Å². The van der Waals surface area contributed by atoms with Gasteiger partial charge in [-0.2, -0.15) is 5.10 Å². The van der Waals surface area contributed by atoms with Crippen molar-refractivity contribution in [2.45, 2.75) is 44.9 Å². The Hall–Kier alpha value is -2.14. The summed E-state index contributed by atoms with van der Waals surface area (Å²) in [6.07, 6.45) is 7.00. The number of nitrogens with zero attached hydrogens (tertiary/aromatic N) is 2. The van der Waals surface area contributed by atoms with E-state index in [-0.39, 0.29) is 5.41 Å². The zero-order chi connectivity index (χ0) is 18.7. The van der Waals surface area contributed by atoms with Gasteiger partial charge in [-0.3, -0.25) is 9.89 Å². The van der Waals surface area contributed by atoms with Gasteiger partial charge in [-0.05, 0) is 50.3 Å². The first-order chi connectivity index (χ1) is 13.2. The second-order valence-corrected chi connectivity index (χ2v) is 8.38. The summed E-state index contributed by atoms with van der Waals surface area (Å²) in [6, 6.07) is 10.5. The van der Waals surface area contributed by atoms with Gasteiger partial charge in [-0.25, -0.2) is 0 Å². The van der Waals surface area contributed by atoms with E-state index in [4.69, 9.17) is 0 Å². The number of carbonyl (C=O) groups is 1. The maximum Gasteiger partial charge on any atom is 0.229 e. The van der Waals surface area contributed by atoms with Crippen LogP contribution < -0.4 is 5.32 Å². The summed E-state index contributed by atoms with van der Waals surface area (Å²) in [5.74, 6) is 0.801. The fourth-order valence-corrected chi connectivity index (χ4v) is 4.62. The number of rotatable bonds is 4. The Morgan fingerprint density at radius 1 is 1.26 bits per heavy atom. The van der Waals surface area contributed by atoms with Crippen molar-refractivity contribution >= 4 is 5.91 Å². The summed E-state index contributed by atoms with van der Waals surface area (Å²) in [6.45, 7) is 5.68. The highest BCUT2D eigenvalue weighted by molar-refractivity contribution is 5.82. The molecule has 5 heteroatoms. The average Bonchev–Trinajstić information content (AvgIpc) is 3.17. The van der Waals surface area contributed by atoms with Crippen molar-refractivity contribution in [3.05, 3.63) is 53.3 Å². The Bertz CT molecular complexity index is 756. The SMILES string of the molecule is C[C@@]1(C(=O)N2CCC(c3[nH]ncc3Cc3ccccc3)CC2)CCCNC1. The molecule has 4 rings (SSSR count). The Labute approximate surface area is 161 Å². The molecule has 2 aliphatic heterocycles. The van der Waals surface area contributed by atoms with Crippen LogP contribution in [-0.2, 0) is 11.2 Å². The van der Waals surface area contributed by atoms with Gasteiger partial charge in [-0.15, -0.1) is 0 Å². The number of H-pyrrole nitrogens is 1. The predicted molar refractivity (Wildman–Crippen MR) is 107 cm³/mol. The van der Waals surface area contributed by atoms with E-state index in [2.05, 4.69) is 57.7 Å². The number of benzene rings is 1. The van der Waals surface area contributed by atoms with Gasteiger partial charge >= 0.3 is 0 Å². The molecular weight excluding hydrogens is 336 g/mol. The van der Waals surface area contributed by atoms with E-state index in [1.54, 1.807) is 0 Å². The van der Waals surface area contributed by atoms with Gasteiger partial charge < -0.3 is 10.2 Å². The van der Waals surface area contributed by atoms with Crippen molar-refractivity contribution in [3.63, 3.8) is 0 Å². The smallest absolute Gasteiger partial charge is 0.229 e.